The lowest BCUT2D eigenvalue weighted by molar-refractivity contribution is 0.485. The number of fused-ring (bicyclic) bond motifs is 1. The third kappa shape index (κ3) is 2.46. The first-order valence-corrected chi connectivity index (χ1v) is 8.00. The van der Waals surface area contributed by atoms with Crippen LogP contribution in [0.3, 0.4) is 0 Å². The van der Waals surface area contributed by atoms with Crippen LogP contribution < -0.4 is 4.90 Å². The summed E-state index contributed by atoms with van der Waals surface area (Å²) in [6, 6.07) is 8.75. The Morgan fingerprint density at radius 2 is 2.16 bits per heavy atom. The summed E-state index contributed by atoms with van der Waals surface area (Å²) >= 11 is 9.74. The summed E-state index contributed by atoms with van der Waals surface area (Å²) < 4.78 is 1.12. The highest BCUT2D eigenvalue weighted by atomic mass is 79.9. The number of benzene rings is 1. The van der Waals surface area contributed by atoms with E-state index in [-0.39, 0.29) is 0 Å². The lowest BCUT2D eigenvalue weighted by atomic mass is 10.0. The van der Waals surface area contributed by atoms with Crippen molar-refractivity contribution in [3.63, 3.8) is 0 Å². The number of halogens is 2. The molecule has 1 atom stereocenters. The average molecular weight is 340 g/mol. The summed E-state index contributed by atoms with van der Waals surface area (Å²) in [7, 11) is 0. The molecule has 1 aromatic heterocycles. The van der Waals surface area contributed by atoms with E-state index in [4.69, 9.17) is 11.6 Å². The van der Waals surface area contributed by atoms with Crippen molar-refractivity contribution in [2.24, 2.45) is 0 Å². The number of rotatable bonds is 2. The molecule has 19 heavy (non-hydrogen) atoms. The molecular formula is C15H16BrClN2. The van der Waals surface area contributed by atoms with Crippen LogP contribution in [-0.4, -0.2) is 23.5 Å². The Kier molecular flexibility index (Phi) is 3.94. The zero-order valence-corrected chi connectivity index (χ0v) is 13.0. The predicted octanol–water partition coefficient (Wildman–Crippen LogP) is 4.60. The zero-order chi connectivity index (χ0) is 13.2. The van der Waals surface area contributed by atoms with E-state index in [1.54, 1.807) is 0 Å². The Labute approximate surface area is 126 Å². The molecule has 2 aromatic rings. The highest BCUT2D eigenvalue weighted by Gasteiger charge is 2.24. The molecule has 0 N–H and O–H groups in total. The number of nitrogens with zero attached hydrogens (tertiary/aromatic N) is 2. The Morgan fingerprint density at radius 1 is 1.26 bits per heavy atom. The minimum absolute atomic E-state index is 0.410. The number of pyridine rings is 1. The molecule has 1 aliphatic heterocycles. The van der Waals surface area contributed by atoms with Crippen LogP contribution in [-0.2, 0) is 0 Å². The highest BCUT2D eigenvalue weighted by Crippen LogP contribution is 2.33. The van der Waals surface area contributed by atoms with Crippen molar-refractivity contribution in [3.05, 3.63) is 34.9 Å². The quantitative estimate of drug-likeness (QED) is 0.744. The van der Waals surface area contributed by atoms with Gasteiger partial charge in [0.25, 0.3) is 0 Å². The Bertz CT molecular complexity index is 587. The van der Waals surface area contributed by atoms with Crippen LogP contribution in [0.25, 0.3) is 10.8 Å². The van der Waals surface area contributed by atoms with Crippen molar-refractivity contribution in [1.29, 1.82) is 0 Å². The second-order valence-corrected chi connectivity index (χ2v) is 6.13. The number of alkyl halides is 1. The molecule has 1 aliphatic rings. The van der Waals surface area contributed by atoms with Gasteiger partial charge >= 0.3 is 0 Å². The van der Waals surface area contributed by atoms with Gasteiger partial charge in [-0.25, -0.2) is 4.98 Å². The van der Waals surface area contributed by atoms with Crippen LogP contribution >= 0.6 is 27.5 Å². The first kappa shape index (κ1) is 13.2. The van der Waals surface area contributed by atoms with Crippen molar-refractivity contribution >= 4 is 44.1 Å². The molecule has 0 bridgehead atoms. The third-order valence-corrected chi connectivity index (χ3v) is 4.86. The van der Waals surface area contributed by atoms with E-state index in [1.807, 2.05) is 6.20 Å². The molecule has 3 rings (SSSR count). The van der Waals surface area contributed by atoms with Crippen LogP contribution in [0.4, 0.5) is 5.82 Å². The van der Waals surface area contributed by atoms with Gasteiger partial charge < -0.3 is 4.90 Å². The number of hydrogen-bond donors (Lipinski definition) is 0. The molecule has 0 spiro atoms. The van der Waals surface area contributed by atoms with Gasteiger partial charge in [-0.15, -0.1) is 11.6 Å². The number of piperidine rings is 1. The minimum Gasteiger partial charge on any atom is -0.352 e. The molecule has 0 amide bonds. The largest absolute Gasteiger partial charge is 0.352 e. The Hall–Kier alpha value is -0.800. The van der Waals surface area contributed by atoms with Gasteiger partial charge in [0.05, 0.1) is 0 Å². The van der Waals surface area contributed by atoms with Gasteiger partial charge in [0, 0.05) is 39.9 Å². The summed E-state index contributed by atoms with van der Waals surface area (Å²) in [5, 5.41) is 2.42. The second kappa shape index (κ2) is 5.68. The smallest absolute Gasteiger partial charge is 0.136 e. The van der Waals surface area contributed by atoms with Gasteiger partial charge in [-0.1, -0.05) is 28.1 Å². The van der Waals surface area contributed by atoms with Crippen LogP contribution in [0, 0.1) is 0 Å². The fourth-order valence-electron chi connectivity index (χ4n) is 2.82. The van der Waals surface area contributed by atoms with E-state index < -0.39 is 0 Å². The van der Waals surface area contributed by atoms with Crippen LogP contribution in [0.5, 0.6) is 0 Å². The molecule has 1 unspecified atom stereocenters. The predicted molar refractivity (Wildman–Crippen MR) is 85.1 cm³/mol. The monoisotopic (exact) mass is 338 g/mol. The van der Waals surface area contributed by atoms with Crippen molar-refractivity contribution in [2.75, 3.05) is 17.3 Å². The van der Waals surface area contributed by atoms with Gasteiger partial charge in [-0.3, -0.25) is 0 Å². The molecular weight excluding hydrogens is 324 g/mol. The molecule has 1 saturated heterocycles. The van der Waals surface area contributed by atoms with Crippen LogP contribution in [0.2, 0.25) is 0 Å². The number of anilines is 1. The van der Waals surface area contributed by atoms with E-state index in [2.05, 4.69) is 50.1 Å². The fourth-order valence-corrected chi connectivity index (χ4v) is 3.64. The summed E-state index contributed by atoms with van der Waals surface area (Å²) in [6.07, 6.45) is 5.54. The lowest BCUT2D eigenvalue weighted by Gasteiger charge is -2.36. The van der Waals surface area contributed by atoms with Crippen molar-refractivity contribution < 1.29 is 0 Å². The van der Waals surface area contributed by atoms with Gasteiger partial charge in [0.1, 0.15) is 5.82 Å². The second-order valence-electron chi connectivity index (χ2n) is 4.97. The first-order chi connectivity index (χ1) is 9.31. The molecule has 0 radical (unpaired) electrons. The van der Waals surface area contributed by atoms with Crippen LogP contribution in [0.15, 0.2) is 34.9 Å². The molecule has 2 nitrogen and oxygen atoms in total. The minimum atomic E-state index is 0.410. The average Bonchev–Trinajstić information content (AvgIpc) is 2.47. The third-order valence-electron chi connectivity index (χ3n) is 3.81. The molecule has 2 heterocycles. The zero-order valence-electron chi connectivity index (χ0n) is 10.6. The number of aromatic nitrogens is 1. The fraction of sp³-hybridized carbons (Fsp3) is 0.400. The van der Waals surface area contributed by atoms with Crippen molar-refractivity contribution in [2.45, 2.75) is 25.3 Å². The van der Waals surface area contributed by atoms with E-state index >= 15 is 0 Å². The maximum Gasteiger partial charge on any atom is 0.136 e. The van der Waals surface area contributed by atoms with E-state index in [1.165, 1.54) is 23.6 Å². The molecule has 4 heteroatoms. The lowest BCUT2D eigenvalue weighted by Crippen LogP contribution is -2.41. The van der Waals surface area contributed by atoms with Gasteiger partial charge in [0.2, 0.25) is 0 Å². The van der Waals surface area contributed by atoms with Gasteiger partial charge in [0.15, 0.2) is 0 Å². The SMILES string of the molecule is ClCC1CCCCN1c1nccc2c(Br)cccc12. The Balaban J connectivity index is 2.11. The maximum absolute atomic E-state index is 6.13. The summed E-state index contributed by atoms with van der Waals surface area (Å²) in [4.78, 5) is 7.00. The summed E-state index contributed by atoms with van der Waals surface area (Å²) in [5.41, 5.74) is 0. The number of hydrogen-bond acceptors (Lipinski definition) is 2. The first-order valence-electron chi connectivity index (χ1n) is 6.67. The highest BCUT2D eigenvalue weighted by molar-refractivity contribution is 9.10. The topological polar surface area (TPSA) is 16.1 Å². The van der Waals surface area contributed by atoms with E-state index in [9.17, 15) is 0 Å². The molecule has 1 aromatic carbocycles. The normalized spacial score (nSPS) is 19.9. The molecule has 0 aliphatic carbocycles. The summed E-state index contributed by atoms with van der Waals surface area (Å²) in [6.45, 7) is 1.05. The van der Waals surface area contributed by atoms with Crippen molar-refractivity contribution in [1.82, 2.24) is 4.98 Å². The standard InChI is InChI=1S/C15H16BrClN2/c16-14-6-3-5-13-12(14)7-8-18-15(13)19-9-2-1-4-11(19)10-17/h3,5-8,11H,1-2,4,9-10H2. The van der Waals surface area contributed by atoms with Crippen molar-refractivity contribution in [3.8, 4) is 0 Å². The maximum atomic E-state index is 6.13. The molecule has 100 valence electrons. The van der Waals surface area contributed by atoms with Crippen LogP contribution in [0.1, 0.15) is 19.3 Å². The molecule has 1 fully saturated rings. The Morgan fingerprint density at radius 3 is 3.00 bits per heavy atom. The molecule has 0 saturated carbocycles. The van der Waals surface area contributed by atoms with Gasteiger partial charge in [-0.2, -0.15) is 0 Å². The van der Waals surface area contributed by atoms with E-state index in [0.29, 0.717) is 11.9 Å². The van der Waals surface area contributed by atoms with E-state index in [0.717, 1.165) is 23.3 Å². The van der Waals surface area contributed by atoms with Gasteiger partial charge in [-0.05, 0) is 31.4 Å². The summed E-state index contributed by atoms with van der Waals surface area (Å²) in [5.74, 6) is 1.75.